The van der Waals surface area contributed by atoms with E-state index in [0.717, 1.165) is 0 Å². The average Bonchev–Trinajstić information content (AvgIpc) is 2.82. The molecule has 96 valence electrons. The molecule has 3 N–H and O–H groups in total. The molecule has 2 rings (SSSR count). The fourth-order valence-corrected chi connectivity index (χ4v) is 5.57. The summed E-state index contributed by atoms with van der Waals surface area (Å²) in [5.41, 5.74) is 4.93. The molecule has 0 saturated carbocycles. The van der Waals surface area contributed by atoms with Gasteiger partial charge < -0.3 is 10.8 Å². The van der Waals surface area contributed by atoms with E-state index >= 15 is 0 Å². The first-order chi connectivity index (χ1) is 7.88. The SMILES string of the molecule is NCC1(C(O)c2cc(Cl)cs2)CCS(=O)(=O)C1. The van der Waals surface area contributed by atoms with Gasteiger partial charge in [0, 0.05) is 22.2 Å². The van der Waals surface area contributed by atoms with Crippen molar-refractivity contribution < 1.29 is 13.5 Å². The van der Waals surface area contributed by atoms with Crippen molar-refractivity contribution in [2.45, 2.75) is 12.5 Å². The topological polar surface area (TPSA) is 80.4 Å². The van der Waals surface area contributed by atoms with Gasteiger partial charge in [-0.25, -0.2) is 8.42 Å². The summed E-state index contributed by atoms with van der Waals surface area (Å²) < 4.78 is 23.1. The Morgan fingerprint density at radius 2 is 2.35 bits per heavy atom. The van der Waals surface area contributed by atoms with Crippen LogP contribution in [0.2, 0.25) is 5.02 Å². The van der Waals surface area contributed by atoms with Crippen LogP contribution in [0, 0.1) is 5.41 Å². The zero-order valence-electron chi connectivity index (χ0n) is 9.10. The minimum absolute atomic E-state index is 0.0484. The molecule has 4 nitrogen and oxygen atoms in total. The summed E-state index contributed by atoms with van der Waals surface area (Å²) in [4.78, 5) is 0.678. The molecule has 2 heterocycles. The summed E-state index contributed by atoms with van der Waals surface area (Å²) in [7, 11) is -3.08. The van der Waals surface area contributed by atoms with Crippen molar-refractivity contribution in [1.82, 2.24) is 0 Å². The van der Waals surface area contributed by atoms with Crippen LogP contribution in [0.5, 0.6) is 0 Å². The lowest BCUT2D eigenvalue weighted by Crippen LogP contribution is -2.37. The van der Waals surface area contributed by atoms with E-state index < -0.39 is 21.4 Å². The predicted octanol–water partition coefficient (Wildman–Crippen LogP) is 1.20. The number of hydrogen-bond donors (Lipinski definition) is 2. The standard InChI is InChI=1S/C10H14ClNO3S2/c11-7-3-8(16-4-7)9(13)10(5-12)1-2-17(14,15)6-10/h3-4,9,13H,1-2,5-6,12H2. The Morgan fingerprint density at radius 3 is 2.76 bits per heavy atom. The fourth-order valence-electron chi connectivity index (χ4n) is 2.20. The molecule has 17 heavy (non-hydrogen) atoms. The number of aliphatic hydroxyl groups excluding tert-OH is 1. The molecule has 0 amide bonds. The molecule has 1 aromatic heterocycles. The number of halogens is 1. The maximum absolute atomic E-state index is 11.6. The molecule has 2 atom stereocenters. The van der Waals surface area contributed by atoms with Gasteiger partial charge in [-0.05, 0) is 12.5 Å². The molecular weight excluding hydrogens is 282 g/mol. The van der Waals surface area contributed by atoms with E-state index in [1.807, 2.05) is 0 Å². The third-order valence-corrected chi connectivity index (χ3v) is 6.44. The first-order valence-corrected chi connectivity index (χ1v) is 8.29. The highest BCUT2D eigenvalue weighted by atomic mass is 35.5. The van der Waals surface area contributed by atoms with E-state index in [4.69, 9.17) is 17.3 Å². The van der Waals surface area contributed by atoms with Crippen LogP contribution in [0.15, 0.2) is 11.4 Å². The van der Waals surface area contributed by atoms with Crippen LogP contribution in [0.4, 0.5) is 0 Å². The quantitative estimate of drug-likeness (QED) is 0.878. The molecule has 7 heteroatoms. The summed E-state index contributed by atoms with van der Waals surface area (Å²) in [5.74, 6) is 0.0492. The van der Waals surface area contributed by atoms with Crippen molar-refractivity contribution in [3.8, 4) is 0 Å². The second-order valence-corrected chi connectivity index (χ2v) is 8.04. The molecular formula is C10H14ClNO3S2. The molecule has 0 aromatic carbocycles. The lowest BCUT2D eigenvalue weighted by Gasteiger charge is -2.30. The Labute approximate surface area is 109 Å². The molecule has 2 unspecified atom stereocenters. The van der Waals surface area contributed by atoms with Gasteiger partial charge in [0.15, 0.2) is 9.84 Å². The van der Waals surface area contributed by atoms with Crippen molar-refractivity contribution >= 4 is 32.8 Å². The molecule has 0 aliphatic carbocycles. The first-order valence-electron chi connectivity index (χ1n) is 5.21. The third kappa shape index (κ3) is 2.51. The van der Waals surface area contributed by atoms with Crippen LogP contribution in [0.25, 0.3) is 0 Å². The van der Waals surface area contributed by atoms with Gasteiger partial charge in [-0.15, -0.1) is 11.3 Å². The zero-order chi connectivity index (χ0) is 12.7. The number of rotatable bonds is 3. The van der Waals surface area contributed by atoms with Crippen molar-refractivity contribution in [3.63, 3.8) is 0 Å². The normalized spacial score (nSPS) is 29.4. The summed E-state index contributed by atoms with van der Waals surface area (Å²) >= 11 is 7.13. The van der Waals surface area contributed by atoms with Gasteiger partial charge in [-0.3, -0.25) is 0 Å². The minimum atomic E-state index is -3.08. The minimum Gasteiger partial charge on any atom is -0.387 e. The van der Waals surface area contributed by atoms with Crippen molar-refractivity contribution in [3.05, 3.63) is 21.3 Å². The molecule has 1 fully saturated rings. The summed E-state index contributed by atoms with van der Waals surface area (Å²) in [6.45, 7) is 0.156. The molecule has 1 saturated heterocycles. The highest BCUT2D eigenvalue weighted by molar-refractivity contribution is 7.91. The number of nitrogens with two attached hydrogens (primary N) is 1. The number of hydrogen-bond acceptors (Lipinski definition) is 5. The molecule has 1 aromatic rings. The Bertz CT molecular complexity index is 513. The Balaban J connectivity index is 2.31. The largest absolute Gasteiger partial charge is 0.387 e. The highest BCUT2D eigenvalue weighted by Gasteiger charge is 2.47. The van der Waals surface area contributed by atoms with Crippen LogP contribution in [0.1, 0.15) is 17.4 Å². The van der Waals surface area contributed by atoms with E-state index in [1.165, 1.54) is 11.3 Å². The van der Waals surface area contributed by atoms with Crippen molar-refractivity contribution in [2.24, 2.45) is 11.1 Å². The van der Waals surface area contributed by atoms with Gasteiger partial charge >= 0.3 is 0 Å². The number of aliphatic hydroxyl groups is 1. The van der Waals surface area contributed by atoms with Crippen LogP contribution in [0.3, 0.4) is 0 Å². The highest BCUT2D eigenvalue weighted by Crippen LogP contribution is 2.44. The Morgan fingerprint density at radius 1 is 1.65 bits per heavy atom. The van der Waals surface area contributed by atoms with Gasteiger partial charge in [-0.1, -0.05) is 11.6 Å². The van der Waals surface area contributed by atoms with E-state index in [2.05, 4.69) is 0 Å². The summed E-state index contributed by atoms with van der Waals surface area (Å²) in [5, 5.41) is 12.6. The number of thiophene rings is 1. The van der Waals surface area contributed by atoms with Gasteiger partial charge in [0.2, 0.25) is 0 Å². The van der Waals surface area contributed by atoms with E-state index in [0.29, 0.717) is 16.3 Å². The maximum Gasteiger partial charge on any atom is 0.151 e. The molecule has 1 aliphatic heterocycles. The second-order valence-electron chi connectivity index (χ2n) is 4.48. The predicted molar refractivity (Wildman–Crippen MR) is 69.0 cm³/mol. The van der Waals surface area contributed by atoms with E-state index in [-0.39, 0.29) is 18.1 Å². The fraction of sp³-hybridized carbons (Fsp3) is 0.600. The number of sulfone groups is 1. The Kier molecular flexibility index (Phi) is 3.53. The first kappa shape index (κ1) is 13.3. The van der Waals surface area contributed by atoms with E-state index in [9.17, 15) is 13.5 Å². The monoisotopic (exact) mass is 295 g/mol. The van der Waals surface area contributed by atoms with Crippen LogP contribution in [-0.4, -0.2) is 31.6 Å². The Hall–Kier alpha value is -0.140. The zero-order valence-corrected chi connectivity index (χ0v) is 11.5. The van der Waals surface area contributed by atoms with Crippen LogP contribution < -0.4 is 5.73 Å². The van der Waals surface area contributed by atoms with E-state index in [1.54, 1.807) is 11.4 Å². The van der Waals surface area contributed by atoms with Gasteiger partial charge in [0.1, 0.15) is 0 Å². The molecule has 1 aliphatic rings. The second kappa shape index (κ2) is 4.51. The van der Waals surface area contributed by atoms with Crippen molar-refractivity contribution in [2.75, 3.05) is 18.1 Å². The van der Waals surface area contributed by atoms with Gasteiger partial charge in [0.05, 0.1) is 22.6 Å². The maximum atomic E-state index is 11.6. The van der Waals surface area contributed by atoms with Gasteiger partial charge in [-0.2, -0.15) is 0 Å². The molecule has 0 radical (unpaired) electrons. The molecule has 0 bridgehead atoms. The smallest absolute Gasteiger partial charge is 0.151 e. The van der Waals surface area contributed by atoms with Gasteiger partial charge in [0.25, 0.3) is 0 Å². The summed E-state index contributed by atoms with van der Waals surface area (Å²) in [6.07, 6.45) is -0.454. The molecule has 0 spiro atoms. The average molecular weight is 296 g/mol. The van der Waals surface area contributed by atoms with Crippen LogP contribution in [-0.2, 0) is 9.84 Å². The lowest BCUT2D eigenvalue weighted by atomic mass is 9.81. The van der Waals surface area contributed by atoms with Crippen molar-refractivity contribution in [1.29, 1.82) is 0 Å². The summed E-state index contributed by atoms with van der Waals surface area (Å²) in [6, 6.07) is 1.67. The lowest BCUT2D eigenvalue weighted by molar-refractivity contribution is 0.0502. The third-order valence-electron chi connectivity index (χ3n) is 3.26. The van der Waals surface area contributed by atoms with Crippen LogP contribution >= 0.6 is 22.9 Å².